The highest BCUT2D eigenvalue weighted by Gasteiger charge is 2.26. The highest BCUT2D eigenvalue weighted by molar-refractivity contribution is 6.35. The topological polar surface area (TPSA) is 84.0 Å². The van der Waals surface area contributed by atoms with Crippen molar-refractivity contribution >= 4 is 17.6 Å². The molecule has 2 aliphatic rings. The molecule has 0 aliphatic carbocycles. The lowest BCUT2D eigenvalue weighted by Gasteiger charge is -2.35. The van der Waals surface area contributed by atoms with Crippen LogP contribution in [0.15, 0.2) is 24.4 Å². The summed E-state index contributed by atoms with van der Waals surface area (Å²) in [6.45, 7) is 4.52. The van der Waals surface area contributed by atoms with Gasteiger partial charge in [-0.05, 0) is 18.6 Å². The van der Waals surface area contributed by atoms with Crippen molar-refractivity contribution in [1.82, 2.24) is 15.2 Å². The van der Waals surface area contributed by atoms with Gasteiger partial charge < -0.3 is 24.6 Å². The molecule has 1 unspecified atom stereocenters. The summed E-state index contributed by atoms with van der Waals surface area (Å²) >= 11 is 0. The van der Waals surface area contributed by atoms with Crippen LogP contribution in [0.1, 0.15) is 6.42 Å². The van der Waals surface area contributed by atoms with Crippen molar-refractivity contribution in [3.05, 3.63) is 24.4 Å². The first-order valence-electron chi connectivity index (χ1n) is 8.66. The summed E-state index contributed by atoms with van der Waals surface area (Å²) in [6, 6.07) is 5.76. The normalized spacial score (nSPS) is 21.0. The van der Waals surface area contributed by atoms with E-state index < -0.39 is 11.8 Å². The van der Waals surface area contributed by atoms with Gasteiger partial charge in [-0.1, -0.05) is 6.07 Å². The third kappa shape index (κ3) is 4.90. The number of carbonyl (C=O) groups is 2. The minimum absolute atomic E-state index is 0.00827. The molecule has 0 bridgehead atoms. The molecule has 0 radical (unpaired) electrons. The minimum Gasteiger partial charge on any atom is -0.376 e. The number of nitrogens with zero attached hydrogens (tertiary/aromatic N) is 3. The van der Waals surface area contributed by atoms with Crippen LogP contribution >= 0.6 is 0 Å². The van der Waals surface area contributed by atoms with Crippen molar-refractivity contribution < 1.29 is 19.1 Å². The van der Waals surface area contributed by atoms with E-state index in [-0.39, 0.29) is 6.10 Å². The van der Waals surface area contributed by atoms with E-state index >= 15 is 0 Å². The summed E-state index contributed by atoms with van der Waals surface area (Å²) in [4.78, 5) is 32.3. The molecular weight excluding hydrogens is 324 g/mol. The summed E-state index contributed by atoms with van der Waals surface area (Å²) in [5, 5.41) is 2.68. The van der Waals surface area contributed by atoms with E-state index in [0.29, 0.717) is 59.0 Å². The Morgan fingerprint density at radius 1 is 1.20 bits per heavy atom. The van der Waals surface area contributed by atoms with E-state index in [1.54, 1.807) is 11.1 Å². The predicted octanol–water partition coefficient (Wildman–Crippen LogP) is -0.348. The first-order chi connectivity index (χ1) is 12.2. The number of ether oxygens (including phenoxy) is 2. The number of hydrogen-bond acceptors (Lipinski definition) is 6. The lowest BCUT2D eigenvalue weighted by Crippen LogP contribution is -2.53. The minimum atomic E-state index is -0.553. The number of rotatable bonds is 4. The Morgan fingerprint density at radius 2 is 2.04 bits per heavy atom. The zero-order valence-electron chi connectivity index (χ0n) is 14.2. The van der Waals surface area contributed by atoms with Gasteiger partial charge in [0.25, 0.3) is 0 Å². The van der Waals surface area contributed by atoms with Gasteiger partial charge in [0.15, 0.2) is 0 Å². The van der Waals surface area contributed by atoms with Crippen molar-refractivity contribution in [2.24, 2.45) is 0 Å². The molecule has 3 heterocycles. The summed E-state index contributed by atoms with van der Waals surface area (Å²) in [5.41, 5.74) is 0. The Kier molecular flexibility index (Phi) is 6.19. The number of aromatic nitrogens is 1. The third-order valence-electron chi connectivity index (χ3n) is 4.37. The first-order valence-corrected chi connectivity index (χ1v) is 8.66. The Bertz CT molecular complexity index is 569. The molecule has 2 fully saturated rings. The molecule has 1 atom stereocenters. The second kappa shape index (κ2) is 8.77. The lowest BCUT2D eigenvalue weighted by atomic mass is 10.2. The smallest absolute Gasteiger partial charge is 0.312 e. The van der Waals surface area contributed by atoms with Crippen LogP contribution in [-0.4, -0.2) is 80.3 Å². The van der Waals surface area contributed by atoms with Crippen molar-refractivity contribution in [2.75, 3.05) is 57.4 Å². The van der Waals surface area contributed by atoms with Crippen LogP contribution < -0.4 is 10.2 Å². The van der Waals surface area contributed by atoms with Crippen LogP contribution in [0.5, 0.6) is 0 Å². The number of amides is 2. The monoisotopic (exact) mass is 348 g/mol. The van der Waals surface area contributed by atoms with E-state index in [4.69, 9.17) is 9.47 Å². The highest BCUT2D eigenvalue weighted by atomic mass is 16.6. The Balaban J connectivity index is 1.38. The Hall–Kier alpha value is -2.19. The molecule has 25 heavy (non-hydrogen) atoms. The molecule has 1 aromatic heterocycles. The van der Waals surface area contributed by atoms with Gasteiger partial charge in [0.2, 0.25) is 0 Å². The average Bonchev–Trinajstić information content (AvgIpc) is 2.69. The Morgan fingerprint density at radius 3 is 2.72 bits per heavy atom. The number of piperazine rings is 1. The van der Waals surface area contributed by atoms with Crippen molar-refractivity contribution in [1.29, 1.82) is 0 Å². The van der Waals surface area contributed by atoms with Crippen LogP contribution in [0.2, 0.25) is 0 Å². The molecule has 8 heteroatoms. The molecule has 0 aromatic carbocycles. The largest absolute Gasteiger partial charge is 0.376 e. The van der Waals surface area contributed by atoms with E-state index in [1.807, 2.05) is 18.2 Å². The summed E-state index contributed by atoms with van der Waals surface area (Å²) in [5.74, 6) is -0.127. The maximum Gasteiger partial charge on any atom is 0.312 e. The average molecular weight is 348 g/mol. The van der Waals surface area contributed by atoms with Crippen LogP contribution in [0, 0.1) is 0 Å². The fourth-order valence-electron chi connectivity index (χ4n) is 2.95. The lowest BCUT2D eigenvalue weighted by molar-refractivity contribution is -0.146. The molecule has 8 nitrogen and oxygen atoms in total. The van der Waals surface area contributed by atoms with Crippen LogP contribution in [0.4, 0.5) is 5.82 Å². The summed E-state index contributed by atoms with van der Waals surface area (Å²) in [7, 11) is 0. The van der Waals surface area contributed by atoms with Gasteiger partial charge in [0.1, 0.15) is 5.82 Å². The first kappa shape index (κ1) is 17.6. The van der Waals surface area contributed by atoms with Crippen LogP contribution in [0.3, 0.4) is 0 Å². The van der Waals surface area contributed by atoms with Crippen molar-refractivity contribution in [2.45, 2.75) is 12.5 Å². The number of carbonyl (C=O) groups excluding carboxylic acids is 2. The van der Waals surface area contributed by atoms with Crippen LogP contribution in [-0.2, 0) is 19.1 Å². The molecule has 1 aromatic rings. The standard InChI is InChI=1S/C17H24N4O4/c22-16(19-6-4-14-13-24-11-12-25-14)17(23)21-9-7-20(8-10-21)15-3-1-2-5-18-15/h1-3,5,14H,4,6-13H2,(H,19,22). The molecule has 3 rings (SSSR count). The molecule has 136 valence electrons. The van der Waals surface area contributed by atoms with Gasteiger partial charge >= 0.3 is 11.8 Å². The summed E-state index contributed by atoms with van der Waals surface area (Å²) < 4.78 is 10.8. The molecule has 2 aliphatic heterocycles. The van der Waals surface area contributed by atoms with Gasteiger partial charge in [-0.15, -0.1) is 0 Å². The molecule has 2 saturated heterocycles. The number of hydrogen-bond donors (Lipinski definition) is 1. The SMILES string of the molecule is O=C(NCCC1COCCO1)C(=O)N1CCN(c2ccccn2)CC1. The van der Waals surface area contributed by atoms with Gasteiger partial charge in [0.05, 0.1) is 25.9 Å². The van der Waals surface area contributed by atoms with Crippen molar-refractivity contribution in [3.63, 3.8) is 0 Å². The predicted molar refractivity (Wildman–Crippen MR) is 91.2 cm³/mol. The Labute approximate surface area is 147 Å². The quantitative estimate of drug-likeness (QED) is 0.749. The van der Waals surface area contributed by atoms with Gasteiger partial charge in [0, 0.05) is 38.9 Å². The van der Waals surface area contributed by atoms with Gasteiger partial charge in [-0.2, -0.15) is 0 Å². The van der Waals surface area contributed by atoms with E-state index in [1.165, 1.54) is 0 Å². The maximum absolute atomic E-state index is 12.2. The molecule has 0 saturated carbocycles. The van der Waals surface area contributed by atoms with Gasteiger partial charge in [-0.3, -0.25) is 9.59 Å². The fraction of sp³-hybridized carbons (Fsp3) is 0.588. The van der Waals surface area contributed by atoms with Gasteiger partial charge in [-0.25, -0.2) is 4.98 Å². The van der Waals surface area contributed by atoms with Crippen molar-refractivity contribution in [3.8, 4) is 0 Å². The molecule has 0 spiro atoms. The maximum atomic E-state index is 12.2. The third-order valence-corrected chi connectivity index (χ3v) is 4.37. The summed E-state index contributed by atoms with van der Waals surface area (Å²) in [6.07, 6.45) is 2.39. The number of anilines is 1. The van der Waals surface area contributed by atoms with E-state index in [9.17, 15) is 9.59 Å². The fourth-order valence-corrected chi connectivity index (χ4v) is 2.95. The van der Waals surface area contributed by atoms with E-state index in [0.717, 1.165) is 5.82 Å². The number of pyridine rings is 1. The zero-order chi connectivity index (χ0) is 17.5. The molecule has 1 N–H and O–H groups in total. The molecule has 2 amide bonds. The molecular formula is C17H24N4O4. The highest BCUT2D eigenvalue weighted by Crippen LogP contribution is 2.12. The second-order valence-electron chi connectivity index (χ2n) is 6.08. The van der Waals surface area contributed by atoms with Crippen LogP contribution in [0.25, 0.3) is 0 Å². The second-order valence-corrected chi connectivity index (χ2v) is 6.08. The zero-order valence-corrected chi connectivity index (χ0v) is 14.2. The van der Waals surface area contributed by atoms with E-state index in [2.05, 4.69) is 15.2 Å². The number of nitrogens with one attached hydrogen (secondary N) is 1.